The number of aryl methyl sites for hydroxylation is 4. The van der Waals surface area contributed by atoms with E-state index in [0.29, 0.717) is 11.4 Å². The molecular weight excluding hydrogens is 632 g/mol. The van der Waals surface area contributed by atoms with Gasteiger partial charge in [0.05, 0.1) is 76.8 Å². The molecule has 0 spiro atoms. The number of hydrogen-bond donors (Lipinski definition) is 4. The van der Waals surface area contributed by atoms with Crippen molar-refractivity contribution >= 4 is 0 Å². The standard InChI is InChI=1S/C30H40N8O10/c1-17-5-25(43)33-11-23(41)14-36-20(4)8-27(45)37(36)15-22(40)10-32-18(2)6-26(44)34(30(32)48)12-24(42)16-38-28(46)7-19(3)35(38)13-21(39)9-31(17)29(33)47/h5-8,21-24,39-42H,9-16H2,1-4H3. The number of nitrogens with zero attached hydrogens (tertiary/aromatic N) is 8. The molecule has 1 aliphatic heterocycles. The Hall–Kier alpha value is -4.78. The summed E-state index contributed by atoms with van der Waals surface area (Å²) in [5.41, 5.74) is -2.70. The van der Waals surface area contributed by atoms with Gasteiger partial charge in [0.25, 0.3) is 22.2 Å². The van der Waals surface area contributed by atoms with Crippen molar-refractivity contribution < 1.29 is 20.4 Å². The third kappa shape index (κ3) is 6.77. The van der Waals surface area contributed by atoms with Crippen LogP contribution in [0.4, 0.5) is 0 Å². The van der Waals surface area contributed by atoms with Gasteiger partial charge in [0.2, 0.25) is 0 Å². The molecule has 18 nitrogen and oxygen atoms in total. The zero-order valence-electron chi connectivity index (χ0n) is 27.1. The molecule has 0 saturated heterocycles. The van der Waals surface area contributed by atoms with Gasteiger partial charge in [0.1, 0.15) is 0 Å². The lowest BCUT2D eigenvalue weighted by Gasteiger charge is -2.23. The predicted octanol–water partition coefficient (Wildman–Crippen LogP) is -3.95. The second-order valence-corrected chi connectivity index (χ2v) is 12.4. The van der Waals surface area contributed by atoms with E-state index in [4.69, 9.17) is 0 Å². The maximum Gasteiger partial charge on any atom is 0.331 e. The summed E-state index contributed by atoms with van der Waals surface area (Å²) < 4.78 is 9.04. The molecule has 0 saturated carbocycles. The minimum Gasteiger partial charge on any atom is -0.389 e. The second kappa shape index (κ2) is 13.4. The molecule has 4 N–H and O–H groups in total. The average Bonchev–Trinajstić information content (AvgIpc) is 3.40. The Morgan fingerprint density at radius 2 is 0.667 bits per heavy atom. The molecular formula is C30H40N8O10. The topological polar surface area (TPSA) is 223 Å². The molecule has 4 atom stereocenters. The maximum absolute atomic E-state index is 13.5. The number of aliphatic hydroxyl groups is 4. The summed E-state index contributed by atoms with van der Waals surface area (Å²) in [4.78, 5) is 78.4. The Kier molecular flexibility index (Phi) is 9.63. The van der Waals surface area contributed by atoms with E-state index in [1.807, 2.05) is 0 Å². The Morgan fingerprint density at radius 3 is 1.00 bits per heavy atom. The van der Waals surface area contributed by atoms with Gasteiger partial charge in [-0.05, 0) is 27.7 Å². The van der Waals surface area contributed by atoms with Gasteiger partial charge in [0.15, 0.2) is 0 Å². The lowest BCUT2D eigenvalue weighted by atomic mass is 10.3. The third-order valence-electron chi connectivity index (χ3n) is 8.65. The Morgan fingerprint density at radius 1 is 0.396 bits per heavy atom. The highest BCUT2D eigenvalue weighted by molar-refractivity contribution is 5.04. The van der Waals surface area contributed by atoms with Crippen molar-refractivity contribution in [1.82, 2.24) is 37.0 Å². The van der Waals surface area contributed by atoms with Crippen molar-refractivity contribution in [2.24, 2.45) is 0 Å². The van der Waals surface area contributed by atoms with Gasteiger partial charge >= 0.3 is 11.4 Å². The van der Waals surface area contributed by atoms with Crippen LogP contribution in [-0.2, 0) is 52.4 Å². The summed E-state index contributed by atoms with van der Waals surface area (Å²) >= 11 is 0. The van der Waals surface area contributed by atoms with Gasteiger partial charge in [-0.2, -0.15) is 0 Å². The highest BCUT2D eigenvalue weighted by Crippen LogP contribution is 2.07. The van der Waals surface area contributed by atoms with E-state index in [9.17, 15) is 49.2 Å². The first kappa shape index (κ1) is 34.6. The van der Waals surface area contributed by atoms with Crippen molar-refractivity contribution in [3.05, 3.63) is 109 Å². The van der Waals surface area contributed by atoms with Gasteiger partial charge in [-0.3, -0.25) is 46.8 Å². The molecule has 1 aliphatic rings. The van der Waals surface area contributed by atoms with Gasteiger partial charge in [-0.1, -0.05) is 0 Å². The summed E-state index contributed by atoms with van der Waals surface area (Å²) in [6, 6.07) is 4.94. The average molecular weight is 673 g/mol. The molecule has 4 aromatic rings. The van der Waals surface area contributed by atoms with Gasteiger partial charge < -0.3 is 20.4 Å². The number of rotatable bonds is 0. The molecule has 0 aromatic carbocycles. The summed E-state index contributed by atoms with van der Waals surface area (Å²) in [5, 5.41) is 44.1. The first-order valence-electron chi connectivity index (χ1n) is 15.4. The van der Waals surface area contributed by atoms with Crippen LogP contribution in [0.3, 0.4) is 0 Å². The van der Waals surface area contributed by atoms with Crippen molar-refractivity contribution in [1.29, 1.82) is 0 Å². The van der Waals surface area contributed by atoms with E-state index in [1.165, 1.54) is 52.0 Å². The maximum atomic E-state index is 13.5. The van der Waals surface area contributed by atoms with E-state index < -0.39 is 71.1 Å². The van der Waals surface area contributed by atoms with E-state index in [-0.39, 0.29) is 50.7 Å². The van der Waals surface area contributed by atoms with Crippen LogP contribution in [0.2, 0.25) is 0 Å². The fourth-order valence-corrected chi connectivity index (χ4v) is 6.24. The molecule has 4 unspecified atom stereocenters. The molecule has 18 heteroatoms. The zero-order chi connectivity index (χ0) is 35.2. The highest BCUT2D eigenvalue weighted by Gasteiger charge is 2.23. The first-order chi connectivity index (χ1) is 22.5. The van der Waals surface area contributed by atoms with Crippen LogP contribution in [0, 0.1) is 27.7 Å². The molecule has 5 heterocycles. The molecule has 0 fully saturated rings. The van der Waals surface area contributed by atoms with Crippen LogP contribution < -0.4 is 33.6 Å². The van der Waals surface area contributed by atoms with E-state index in [0.717, 1.165) is 23.1 Å². The third-order valence-corrected chi connectivity index (χ3v) is 8.65. The molecule has 4 aromatic heterocycles. The van der Waals surface area contributed by atoms with Crippen molar-refractivity contribution in [3.63, 3.8) is 0 Å². The monoisotopic (exact) mass is 672 g/mol. The molecule has 0 radical (unpaired) electrons. The largest absolute Gasteiger partial charge is 0.389 e. The Labute approximate surface area is 271 Å². The molecule has 4 bridgehead atoms. The molecule has 0 amide bonds. The predicted molar refractivity (Wildman–Crippen MR) is 170 cm³/mol. The second-order valence-electron chi connectivity index (χ2n) is 12.4. The lowest BCUT2D eigenvalue weighted by Crippen LogP contribution is -2.46. The van der Waals surface area contributed by atoms with Gasteiger partial charge in [-0.15, -0.1) is 0 Å². The summed E-state index contributed by atoms with van der Waals surface area (Å²) in [5.74, 6) is 0. The minimum atomic E-state index is -1.41. The SMILES string of the molecule is Cc1cc(=O)n2c(=O)n1CC(O)Cn1c(C)cc(=O)n1CC(O)Cn1c(=O)cc(C)n(c1=O)CC(O)Cn1c(=O)cc(C)n1CC(O)C2. The smallest absolute Gasteiger partial charge is 0.331 e. The molecule has 260 valence electrons. The normalized spacial score (nSPS) is 21.2. The van der Waals surface area contributed by atoms with Crippen LogP contribution in [-0.4, -0.2) is 81.8 Å². The molecule has 0 aliphatic carbocycles. The first-order valence-corrected chi connectivity index (χ1v) is 15.4. The number of aliphatic hydroxyl groups excluding tert-OH is 4. The van der Waals surface area contributed by atoms with E-state index in [2.05, 4.69) is 0 Å². The summed E-state index contributed by atoms with van der Waals surface area (Å²) in [7, 11) is 0. The number of hydrogen-bond acceptors (Lipinski definition) is 10. The van der Waals surface area contributed by atoms with Crippen molar-refractivity contribution in [2.75, 3.05) is 0 Å². The van der Waals surface area contributed by atoms with E-state index in [1.54, 1.807) is 13.8 Å². The lowest BCUT2D eigenvalue weighted by molar-refractivity contribution is 0.0902. The highest BCUT2D eigenvalue weighted by atomic mass is 16.3. The fourth-order valence-electron chi connectivity index (χ4n) is 6.24. The van der Waals surface area contributed by atoms with E-state index >= 15 is 0 Å². The minimum absolute atomic E-state index is 0.200. The van der Waals surface area contributed by atoms with Crippen LogP contribution in [0.1, 0.15) is 22.8 Å². The molecule has 5 rings (SSSR count). The van der Waals surface area contributed by atoms with Crippen LogP contribution >= 0.6 is 0 Å². The number of aromatic nitrogens is 8. The van der Waals surface area contributed by atoms with Gasteiger partial charge in [-0.25, -0.2) is 19.0 Å². The number of fused-ring (bicyclic) bond motifs is 6. The zero-order valence-corrected chi connectivity index (χ0v) is 27.1. The summed E-state index contributed by atoms with van der Waals surface area (Å²) in [6.07, 6.45) is -5.36. The van der Waals surface area contributed by atoms with Crippen LogP contribution in [0.25, 0.3) is 0 Å². The van der Waals surface area contributed by atoms with Crippen LogP contribution in [0.15, 0.2) is 53.0 Å². The van der Waals surface area contributed by atoms with Gasteiger partial charge in [0, 0.05) is 47.0 Å². The van der Waals surface area contributed by atoms with Crippen molar-refractivity contribution in [2.45, 2.75) is 104 Å². The quantitative estimate of drug-likeness (QED) is 0.142. The summed E-state index contributed by atoms with van der Waals surface area (Å²) in [6.45, 7) is 3.54. The van der Waals surface area contributed by atoms with Crippen molar-refractivity contribution in [3.8, 4) is 0 Å². The van der Waals surface area contributed by atoms with Crippen LogP contribution in [0.5, 0.6) is 0 Å². The Bertz CT molecular complexity index is 2210. The fraction of sp³-hybridized carbons (Fsp3) is 0.533. The molecule has 48 heavy (non-hydrogen) atoms. The Balaban J connectivity index is 1.61.